The lowest BCUT2D eigenvalue weighted by molar-refractivity contribution is -0.160. The molecule has 276 valence electrons. The number of ether oxygens (including phenoxy) is 2. The molecule has 8 nitrogen and oxygen atoms in total. The highest BCUT2D eigenvalue weighted by atomic mass is 16.8. The first-order valence-electron chi connectivity index (χ1n) is 20.1. The van der Waals surface area contributed by atoms with Crippen LogP contribution in [0.5, 0.6) is 0 Å². The highest BCUT2D eigenvalue weighted by molar-refractivity contribution is 5.76. The first-order chi connectivity index (χ1) is 23.8. The molecule has 1 saturated heterocycles. The number of carbonyl (C=O) groups is 1. The Balaban J connectivity index is 0.940. The van der Waals surface area contributed by atoms with E-state index in [-0.39, 0.29) is 24.4 Å². The summed E-state index contributed by atoms with van der Waals surface area (Å²) in [6.45, 7) is 16.4. The molecule has 1 aromatic rings. The number of esters is 1. The summed E-state index contributed by atoms with van der Waals surface area (Å²) >= 11 is 0. The van der Waals surface area contributed by atoms with Gasteiger partial charge in [-0.1, -0.05) is 51.8 Å². The first kappa shape index (κ1) is 38.1. The minimum Gasteiger partial charge on any atom is -0.461 e. The van der Waals surface area contributed by atoms with E-state index in [1.165, 1.54) is 89.2 Å². The number of piperidine rings is 1. The zero-order valence-corrected chi connectivity index (χ0v) is 31.1. The molecule has 5 rings (SSSR count). The van der Waals surface area contributed by atoms with Gasteiger partial charge in [-0.3, -0.25) is 10.3 Å². The van der Waals surface area contributed by atoms with E-state index in [4.69, 9.17) is 14.3 Å². The molecule has 0 amide bonds. The number of nitrogens with one attached hydrogen (secondary N) is 3. The van der Waals surface area contributed by atoms with Gasteiger partial charge in [0, 0.05) is 18.8 Å². The van der Waals surface area contributed by atoms with Gasteiger partial charge in [0.2, 0.25) is 0 Å². The van der Waals surface area contributed by atoms with Crippen LogP contribution in [0.25, 0.3) is 5.70 Å². The zero-order chi connectivity index (χ0) is 34.4. The third-order valence-corrected chi connectivity index (χ3v) is 11.6. The molecule has 1 aliphatic heterocycles. The Morgan fingerprint density at radius 3 is 2.02 bits per heavy atom. The second-order valence-electron chi connectivity index (χ2n) is 16.1. The SMILES string of the molecule is C=C(NOC(C)OCC(C)C)c1ccc(N2CCC(CNCC3CCC(CN[C@H](C(=O)OC4CCCC4)C4CCCCC4)CC3)CC2)cc1. The van der Waals surface area contributed by atoms with E-state index in [1.807, 2.05) is 6.92 Å². The van der Waals surface area contributed by atoms with Crippen LogP contribution in [0.4, 0.5) is 5.69 Å². The van der Waals surface area contributed by atoms with Gasteiger partial charge in [0.25, 0.3) is 0 Å². The molecular formula is C41H68N4O4. The monoisotopic (exact) mass is 681 g/mol. The second-order valence-corrected chi connectivity index (χ2v) is 16.1. The third kappa shape index (κ3) is 12.6. The van der Waals surface area contributed by atoms with Gasteiger partial charge < -0.3 is 25.0 Å². The van der Waals surface area contributed by atoms with Gasteiger partial charge in [-0.2, -0.15) is 0 Å². The molecule has 3 saturated carbocycles. The van der Waals surface area contributed by atoms with Crippen molar-refractivity contribution in [3.63, 3.8) is 0 Å². The molecule has 0 radical (unpaired) electrons. The molecule has 1 unspecified atom stereocenters. The molecule has 4 aliphatic rings. The number of nitrogens with zero attached hydrogens (tertiary/aromatic N) is 1. The molecule has 3 aliphatic carbocycles. The Labute approximate surface area is 297 Å². The largest absolute Gasteiger partial charge is 0.461 e. The average Bonchev–Trinajstić information content (AvgIpc) is 3.64. The van der Waals surface area contributed by atoms with Gasteiger partial charge in [-0.15, -0.1) is 0 Å². The Morgan fingerprint density at radius 1 is 0.796 bits per heavy atom. The van der Waals surface area contributed by atoms with E-state index in [1.54, 1.807) is 0 Å². The maximum Gasteiger partial charge on any atom is 0.323 e. The van der Waals surface area contributed by atoms with Crippen molar-refractivity contribution in [2.24, 2.45) is 29.6 Å². The van der Waals surface area contributed by atoms with E-state index in [0.29, 0.717) is 24.4 Å². The maximum atomic E-state index is 13.3. The molecule has 1 aromatic carbocycles. The Morgan fingerprint density at radius 2 is 1.39 bits per heavy atom. The fraction of sp³-hybridized carbons (Fsp3) is 0.780. The predicted octanol–water partition coefficient (Wildman–Crippen LogP) is 7.83. The fourth-order valence-corrected chi connectivity index (χ4v) is 8.42. The van der Waals surface area contributed by atoms with Crippen LogP contribution in [0, 0.1) is 29.6 Å². The standard InChI is InChI=1S/C41H68N4O4/c1-30(2)29-47-32(4)49-44-31(3)36-18-20-38(21-19-36)45-24-22-35(23-25-45)27-42-26-33-14-16-34(17-15-33)28-43-40(37-10-6-5-7-11-37)41(46)48-39-12-8-9-13-39/h18-21,30,32-35,37,39-40,42-44H,3,5-17,22-29H2,1-2,4H3/t32?,33?,34?,40-/m0/s1. The topological polar surface area (TPSA) is 84.1 Å². The lowest BCUT2D eigenvalue weighted by Gasteiger charge is -2.35. The fourth-order valence-electron chi connectivity index (χ4n) is 8.42. The van der Waals surface area contributed by atoms with Gasteiger partial charge in [-0.25, -0.2) is 4.84 Å². The van der Waals surface area contributed by atoms with E-state index in [2.05, 4.69) is 65.7 Å². The summed E-state index contributed by atoms with van der Waals surface area (Å²) in [6, 6.07) is 8.53. The van der Waals surface area contributed by atoms with Crippen LogP contribution in [0.2, 0.25) is 0 Å². The summed E-state index contributed by atoms with van der Waals surface area (Å²) in [5, 5.41) is 7.62. The molecule has 8 heteroatoms. The van der Waals surface area contributed by atoms with Crippen molar-refractivity contribution in [3.05, 3.63) is 36.4 Å². The minimum absolute atomic E-state index is 0.0411. The highest BCUT2D eigenvalue weighted by Gasteiger charge is 2.33. The summed E-state index contributed by atoms with van der Waals surface area (Å²) < 4.78 is 11.7. The van der Waals surface area contributed by atoms with Crippen molar-refractivity contribution in [3.8, 4) is 0 Å². The minimum atomic E-state index is -0.332. The second kappa shape index (κ2) is 20.0. The van der Waals surface area contributed by atoms with Crippen molar-refractivity contribution in [2.75, 3.05) is 44.2 Å². The van der Waals surface area contributed by atoms with Crippen LogP contribution in [0.3, 0.4) is 0 Å². The first-order valence-corrected chi connectivity index (χ1v) is 20.1. The Kier molecular flexibility index (Phi) is 15.6. The summed E-state index contributed by atoms with van der Waals surface area (Å²) in [7, 11) is 0. The van der Waals surface area contributed by atoms with E-state index in [0.717, 1.165) is 68.7 Å². The molecule has 0 spiro atoms. The summed E-state index contributed by atoms with van der Waals surface area (Å²) in [5.74, 6) is 3.17. The molecular weight excluding hydrogens is 612 g/mol. The van der Waals surface area contributed by atoms with Crippen molar-refractivity contribution < 1.29 is 19.1 Å². The highest BCUT2D eigenvalue weighted by Crippen LogP contribution is 2.32. The predicted molar refractivity (Wildman–Crippen MR) is 200 cm³/mol. The average molecular weight is 681 g/mol. The lowest BCUT2D eigenvalue weighted by atomic mass is 9.80. The summed E-state index contributed by atoms with van der Waals surface area (Å²) in [5.41, 5.74) is 5.98. The van der Waals surface area contributed by atoms with Crippen LogP contribution in [-0.4, -0.2) is 63.7 Å². The third-order valence-electron chi connectivity index (χ3n) is 11.6. The maximum absolute atomic E-state index is 13.3. The van der Waals surface area contributed by atoms with Crippen molar-refractivity contribution in [1.29, 1.82) is 0 Å². The lowest BCUT2D eigenvalue weighted by Crippen LogP contribution is -2.47. The molecule has 49 heavy (non-hydrogen) atoms. The Hall–Kier alpha value is -2.13. The number of anilines is 1. The van der Waals surface area contributed by atoms with Crippen LogP contribution < -0.4 is 21.0 Å². The smallest absolute Gasteiger partial charge is 0.323 e. The van der Waals surface area contributed by atoms with E-state index >= 15 is 0 Å². The number of rotatable bonds is 18. The van der Waals surface area contributed by atoms with Crippen molar-refractivity contribution >= 4 is 17.4 Å². The number of benzene rings is 1. The van der Waals surface area contributed by atoms with Gasteiger partial charge in [0.15, 0.2) is 6.29 Å². The molecule has 4 fully saturated rings. The number of hydrogen-bond acceptors (Lipinski definition) is 8. The van der Waals surface area contributed by atoms with Gasteiger partial charge >= 0.3 is 5.97 Å². The van der Waals surface area contributed by atoms with Crippen molar-refractivity contribution in [2.45, 2.75) is 136 Å². The molecule has 0 aromatic heterocycles. The van der Waals surface area contributed by atoms with Gasteiger partial charge in [0.1, 0.15) is 12.1 Å². The van der Waals surface area contributed by atoms with Gasteiger partial charge in [0.05, 0.1) is 12.3 Å². The van der Waals surface area contributed by atoms with Crippen LogP contribution >= 0.6 is 0 Å². The summed E-state index contributed by atoms with van der Waals surface area (Å²) in [6.07, 6.45) is 18.1. The van der Waals surface area contributed by atoms with Crippen LogP contribution in [0.1, 0.15) is 123 Å². The molecule has 1 heterocycles. The van der Waals surface area contributed by atoms with E-state index < -0.39 is 0 Å². The molecule has 2 atom stereocenters. The number of hydrogen-bond donors (Lipinski definition) is 3. The van der Waals surface area contributed by atoms with Gasteiger partial charge in [-0.05, 0) is 151 Å². The Bertz CT molecular complexity index is 1100. The quantitative estimate of drug-likeness (QED) is 0.0822. The van der Waals surface area contributed by atoms with Crippen LogP contribution in [0.15, 0.2) is 30.8 Å². The number of carbonyl (C=O) groups excluding carboxylic acids is 1. The normalized spacial score (nSPS) is 24.2. The molecule has 3 N–H and O–H groups in total. The van der Waals surface area contributed by atoms with Crippen molar-refractivity contribution in [1.82, 2.24) is 16.1 Å². The van der Waals surface area contributed by atoms with Crippen LogP contribution in [-0.2, 0) is 19.1 Å². The molecule has 0 bridgehead atoms. The van der Waals surface area contributed by atoms with E-state index in [9.17, 15) is 4.79 Å². The zero-order valence-electron chi connectivity index (χ0n) is 31.1. The number of hydroxylamine groups is 1. The summed E-state index contributed by atoms with van der Waals surface area (Å²) in [4.78, 5) is 21.4.